The summed E-state index contributed by atoms with van der Waals surface area (Å²) in [6.07, 6.45) is 0. The van der Waals surface area contributed by atoms with Gasteiger partial charge in [0, 0.05) is 6.54 Å². The third kappa shape index (κ3) is 5.45. The van der Waals surface area contributed by atoms with Crippen molar-refractivity contribution < 1.29 is 22.7 Å². The molecule has 3 rings (SSSR count). The molecule has 12 heteroatoms. The summed E-state index contributed by atoms with van der Waals surface area (Å²) in [5.41, 5.74) is 0.241. The molecule has 0 aliphatic heterocycles. The van der Waals surface area contributed by atoms with E-state index in [2.05, 4.69) is 20.2 Å². The first-order chi connectivity index (χ1) is 14.4. The molecule has 30 heavy (non-hydrogen) atoms. The van der Waals surface area contributed by atoms with Gasteiger partial charge in [-0.05, 0) is 24.3 Å². The first-order valence-corrected chi connectivity index (χ1v) is 11.2. The third-order valence-corrected chi connectivity index (χ3v) is 6.69. The maximum atomic E-state index is 12.4. The fourth-order valence-corrected chi connectivity index (χ4v) is 4.49. The van der Waals surface area contributed by atoms with Crippen LogP contribution in [0.4, 0.5) is 5.13 Å². The standard InChI is InChI=1S/C18H17ClN4O5S2/c1-27-14-8-4-5-9-15(14)28-11-10-20-30(25,26)18-23-22-17(29-18)21-16(24)12-6-2-3-7-13(12)19/h2-9,20H,10-11H2,1H3,(H,21,22,24). The Hall–Kier alpha value is -2.73. The third-order valence-electron chi connectivity index (χ3n) is 3.70. The molecule has 0 bridgehead atoms. The van der Waals surface area contributed by atoms with Gasteiger partial charge in [-0.15, -0.1) is 10.2 Å². The molecule has 1 aromatic heterocycles. The SMILES string of the molecule is COc1ccccc1OCCNS(=O)(=O)c1nnc(NC(=O)c2ccccc2Cl)s1. The Kier molecular flexibility index (Phi) is 7.21. The van der Waals surface area contributed by atoms with E-state index >= 15 is 0 Å². The number of methoxy groups -OCH3 is 1. The number of halogens is 1. The number of rotatable bonds is 9. The molecule has 0 aliphatic rings. The highest BCUT2D eigenvalue weighted by Crippen LogP contribution is 2.25. The van der Waals surface area contributed by atoms with Crippen LogP contribution in [0.25, 0.3) is 0 Å². The minimum Gasteiger partial charge on any atom is -0.493 e. The van der Waals surface area contributed by atoms with Crippen molar-refractivity contribution in [3.05, 3.63) is 59.1 Å². The molecular weight excluding hydrogens is 452 g/mol. The normalized spacial score (nSPS) is 11.1. The van der Waals surface area contributed by atoms with E-state index in [0.717, 1.165) is 11.3 Å². The molecule has 0 spiro atoms. The maximum Gasteiger partial charge on any atom is 0.269 e. The van der Waals surface area contributed by atoms with Crippen LogP contribution in [-0.2, 0) is 10.0 Å². The number of anilines is 1. The Morgan fingerprint density at radius 3 is 2.53 bits per heavy atom. The van der Waals surface area contributed by atoms with Crippen molar-refractivity contribution in [2.24, 2.45) is 0 Å². The number of nitrogens with one attached hydrogen (secondary N) is 2. The van der Waals surface area contributed by atoms with Gasteiger partial charge in [0.15, 0.2) is 11.5 Å². The monoisotopic (exact) mass is 468 g/mol. The second-order valence-corrected chi connectivity index (χ2v) is 9.03. The molecule has 2 aromatic carbocycles. The minimum atomic E-state index is -3.91. The lowest BCUT2D eigenvalue weighted by Gasteiger charge is -2.10. The number of sulfonamides is 1. The fourth-order valence-electron chi connectivity index (χ4n) is 2.32. The van der Waals surface area contributed by atoms with Gasteiger partial charge in [0.05, 0.1) is 17.7 Å². The Labute approximate surface area is 182 Å². The van der Waals surface area contributed by atoms with E-state index in [1.54, 1.807) is 48.5 Å². The highest BCUT2D eigenvalue weighted by atomic mass is 35.5. The highest BCUT2D eigenvalue weighted by molar-refractivity contribution is 7.91. The first kappa shape index (κ1) is 22.0. The van der Waals surface area contributed by atoms with Crippen LogP contribution < -0.4 is 19.5 Å². The number of aromatic nitrogens is 2. The van der Waals surface area contributed by atoms with Crippen molar-refractivity contribution in [1.29, 1.82) is 0 Å². The summed E-state index contributed by atoms with van der Waals surface area (Å²) in [7, 11) is -2.40. The Bertz CT molecular complexity index is 1140. The Balaban J connectivity index is 1.56. The molecule has 0 radical (unpaired) electrons. The quantitative estimate of drug-likeness (QED) is 0.366. The van der Waals surface area contributed by atoms with E-state index in [4.69, 9.17) is 21.1 Å². The maximum absolute atomic E-state index is 12.4. The van der Waals surface area contributed by atoms with E-state index in [9.17, 15) is 13.2 Å². The zero-order valence-electron chi connectivity index (χ0n) is 15.7. The first-order valence-electron chi connectivity index (χ1n) is 8.55. The summed E-state index contributed by atoms with van der Waals surface area (Å²) in [4.78, 5) is 12.2. The minimum absolute atomic E-state index is 0.00127. The van der Waals surface area contributed by atoms with Gasteiger partial charge in [-0.1, -0.05) is 47.2 Å². The van der Waals surface area contributed by atoms with Crippen LogP contribution in [0.5, 0.6) is 11.5 Å². The van der Waals surface area contributed by atoms with Crippen molar-refractivity contribution in [1.82, 2.24) is 14.9 Å². The van der Waals surface area contributed by atoms with E-state index < -0.39 is 15.9 Å². The topological polar surface area (TPSA) is 120 Å². The van der Waals surface area contributed by atoms with Gasteiger partial charge in [-0.3, -0.25) is 10.1 Å². The molecule has 158 valence electrons. The Morgan fingerprint density at radius 1 is 1.10 bits per heavy atom. The van der Waals surface area contributed by atoms with Gasteiger partial charge in [-0.2, -0.15) is 0 Å². The van der Waals surface area contributed by atoms with E-state index in [1.807, 2.05) is 0 Å². The van der Waals surface area contributed by atoms with Crippen molar-refractivity contribution >= 4 is 44.0 Å². The molecule has 9 nitrogen and oxygen atoms in total. The number of hydrogen-bond donors (Lipinski definition) is 2. The molecule has 0 fully saturated rings. The summed E-state index contributed by atoms with van der Waals surface area (Å²) < 4.78 is 37.5. The molecule has 0 aliphatic carbocycles. The molecule has 0 unspecified atom stereocenters. The lowest BCUT2D eigenvalue weighted by Crippen LogP contribution is -2.28. The summed E-state index contributed by atoms with van der Waals surface area (Å²) in [5.74, 6) is 0.530. The summed E-state index contributed by atoms with van der Waals surface area (Å²) in [6.45, 7) is 0.0792. The van der Waals surface area contributed by atoms with Crippen LogP contribution in [-0.4, -0.2) is 44.8 Å². The number of carbonyl (C=O) groups is 1. The molecule has 2 N–H and O–H groups in total. The zero-order chi connectivity index (χ0) is 21.6. The molecule has 0 saturated carbocycles. The summed E-state index contributed by atoms with van der Waals surface area (Å²) >= 11 is 6.70. The smallest absolute Gasteiger partial charge is 0.269 e. The van der Waals surface area contributed by atoms with E-state index in [0.29, 0.717) is 11.5 Å². The van der Waals surface area contributed by atoms with Gasteiger partial charge in [0.25, 0.3) is 15.9 Å². The van der Waals surface area contributed by atoms with Crippen LogP contribution in [0.3, 0.4) is 0 Å². The molecule has 3 aromatic rings. The molecular formula is C18H17ClN4O5S2. The van der Waals surface area contributed by atoms with Gasteiger partial charge in [0.2, 0.25) is 9.47 Å². The highest BCUT2D eigenvalue weighted by Gasteiger charge is 2.21. The number of carbonyl (C=O) groups excluding carboxylic acids is 1. The number of hydrogen-bond acceptors (Lipinski definition) is 8. The number of amides is 1. The van der Waals surface area contributed by atoms with Gasteiger partial charge < -0.3 is 9.47 Å². The average Bonchev–Trinajstić information content (AvgIpc) is 3.21. The zero-order valence-corrected chi connectivity index (χ0v) is 18.1. The van der Waals surface area contributed by atoms with Crippen molar-refractivity contribution in [3.8, 4) is 11.5 Å². The predicted octanol–water partition coefficient (Wildman–Crippen LogP) is 2.81. The second-order valence-electron chi connectivity index (χ2n) is 5.70. The van der Waals surface area contributed by atoms with Crippen molar-refractivity contribution in [2.45, 2.75) is 4.34 Å². The van der Waals surface area contributed by atoms with Gasteiger partial charge in [-0.25, -0.2) is 13.1 Å². The number of benzene rings is 2. The molecule has 1 amide bonds. The van der Waals surface area contributed by atoms with Crippen LogP contribution in [0.1, 0.15) is 10.4 Å². The fraction of sp³-hybridized carbons (Fsp3) is 0.167. The number of para-hydroxylation sites is 2. The van der Waals surface area contributed by atoms with Crippen molar-refractivity contribution in [3.63, 3.8) is 0 Å². The predicted molar refractivity (Wildman–Crippen MR) is 113 cm³/mol. The van der Waals surface area contributed by atoms with Crippen molar-refractivity contribution in [2.75, 3.05) is 25.6 Å². The number of nitrogens with zero attached hydrogens (tertiary/aromatic N) is 2. The summed E-state index contributed by atoms with van der Waals surface area (Å²) in [6, 6.07) is 13.5. The Morgan fingerprint density at radius 2 is 1.80 bits per heavy atom. The lowest BCUT2D eigenvalue weighted by molar-refractivity contribution is 0.102. The van der Waals surface area contributed by atoms with Gasteiger partial charge in [0.1, 0.15) is 6.61 Å². The molecule has 1 heterocycles. The molecule has 0 saturated heterocycles. The summed E-state index contributed by atoms with van der Waals surface area (Å²) in [5, 5.41) is 10.1. The average molecular weight is 469 g/mol. The lowest BCUT2D eigenvalue weighted by atomic mass is 10.2. The second kappa shape index (κ2) is 9.85. The van der Waals surface area contributed by atoms with Crippen LogP contribution in [0.2, 0.25) is 5.02 Å². The van der Waals surface area contributed by atoms with E-state index in [1.165, 1.54) is 7.11 Å². The molecule has 0 atom stereocenters. The van der Waals surface area contributed by atoms with Crippen LogP contribution in [0, 0.1) is 0 Å². The van der Waals surface area contributed by atoms with E-state index in [-0.39, 0.29) is 33.2 Å². The largest absolute Gasteiger partial charge is 0.493 e. The van der Waals surface area contributed by atoms with Crippen LogP contribution >= 0.6 is 22.9 Å². The van der Waals surface area contributed by atoms with Crippen LogP contribution in [0.15, 0.2) is 52.9 Å². The van der Waals surface area contributed by atoms with Gasteiger partial charge >= 0.3 is 0 Å². The number of ether oxygens (including phenoxy) is 2.